The van der Waals surface area contributed by atoms with Crippen molar-refractivity contribution in [3.05, 3.63) is 0 Å². The quantitative estimate of drug-likeness (QED) is 0.765. The molecule has 1 amide bonds. The van der Waals surface area contributed by atoms with Crippen LogP contribution in [-0.2, 0) is 4.79 Å². The van der Waals surface area contributed by atoms with Gasteiger partial charge in [-0.3, -0.25) is 4.79 Å². The van der Waals surface area contributed by atoms with Crippen LogP contribution in [0.4, 0.5) is 0 Å². The zero-order valence-electron chi connectivity index (χ0n) is 13.8. The fraction of sp³-hybridized carbons (Fsp3) is 0.941. The van der Waals surface area contributed by atoms with Crippen LogP contribution in [0.15, 0.2) is 0 Å². The average Bonchev–Trinajstić information content (AvgIpc) is 2.88. The predicted molar refractivity (Wildman–Crippen MR) is 87.1 cm³/mol. The number of hydrogen-bond donors (Lipinski definition) is 1. The van der Waals surface area contributed by atoms with Gasteiger partial charge in [0.05, 0.1) is 0 Å². The van der Waals surface area contributed by atoms with Crippen molar-refractivity contribution in [2.75, 3.05) is 39.3 Å². The number of unbranched alkanes of at least 4 members (excludes halogenated alkanes) is 1. The molecule has 2 fully saturated rings. The summed E-state index contributed by atoms with van der Waals surface area (Å²) in [4.78, 5) is 17.6. The van der Waals surface area contributed by atoms with Crippen LogP contribution in [0.3, 0.4) is 0 Å². The van der Waals surface area contributed by atoms with Crippen molar-refractivity contribution < 1.29 is 4.79 Å². The third kappa shape index (κ3) is 4.19. The topological polar surface area (TPSA) is 49.6 Å². The Hall–Kier alpha value is -0.610. The summed E-state index contributed by atoms with van der Waals surface area (Å²) in [6, 6.07) is 0. The van der Waals surface area contributed by atoms with E-state index in [1.54, 1.807) is 0 Å². The molecule has 2 rings (SSSR count). The van der Waals surface area contributed by atoms with Crippen molar-refractivity contribution in [1.82, 2.24) is 9.80 Å². The fourth-order valence-electron chi connectivity index (χ4n) is 3.98. The minimum atomic E-state index is -0.0191. The second-order valence-corrected chi connectivity index (χ2v) is 6.82. The number of carbonyl (C=O) groups excluding carboxylic acids is 1. The maximum Gasteiger partial charge on any atom is 0.228 e. The number of nitrogens with zero attached hydrogens (tertiary/aromatic N) is 2. The van der Waals surface area contributed by atoms with E-state index in [0.29, 0.717) is 5.91 Å². The van der Waals surface area contributed by atoms with Crippen molar-refractivity contribution in [3.63, 3.8) is 0 Å². The van der Waals surface area contributed by atoms with Crippen molar-refractivity contribution in [2.45, 2.75) is 58.3 Å². The molecule has 4 nitrogen and oxygen atoms in total. The zero-order chi connectivity index (χ0) is 15.1. The molecular weight excluding hydrogens is 262 g/mol. The van der Waals surface area contributed by atoms with Crippen LogP contribution < -0.4 is 5.73 Å². The van der Waals surface area contributed by atoms with Crippen molar-refractivity contribution in [2.24, 2.45) is 11.1 Å². The average molecular weight is 295 g/mol. The summed E-state index contributed by atoms with van der Waals surface area (Å²) >= 11 is 0. The first-order valence-corrected chi connectivity index (χ1v) is 8.93. The van der Waals surface area contributed by atoms with E-state index in [-0.39, 0.29) is 5.41 Å². The molecule has 1 aliphatic carbocycles. The molecular formula is C17H33N3O. The Labute approximate surface area is 130 Å². The molecule has 0 unspecified atom stereocenters. The first kappa shape index (κ1) is 16.8. The minimum Gasteiger partial charge on any atom is -0.341 e. The summed E-state index contributed by atoms with van der Waals surface area (Å²) in [5, 5.41) is 0. The van der Waals surface area contributed by atoms with Gasteiger partial charge >= 0.3 is 0 Å². The van der Waals surface area contributed by atoms with Gasteiger partial charge in [0.25, 0.3) is 0 Å². The number of amides is 1. The molecule has 0 aromatic heterocycles. The maximum absolute atomic E-state index is 13.0. The van der Waals surface area contributed by atoms with Gasteiger partial charge in [0.2, 0.25) is 5.91 Å². The molecule has 0 radical (unpaired) electrons. The number of rotatable bonds is 6. The fourth-order valence-corrected chi connectivity index (χ4v) is 3.98. The molecule has 0 bridgehead atoms. The standard InChI is InChI=1S/C17H33N3O/c1-2-17(8-3-4-9-17)16(21)20-13-7-12-19(14-15-20)11-6-5-10-18/h2-15,18H2,1H3. The molecule has 0 atom stereocenters. The van der Waals surface area contributed by atoms with Crippen LogP contribution in [0, 0.1) is 5.41 Å². The van der Waals surface area contributed by atoms with Crippen LogP contribution in [0.25, 0.3) is 0 Å². The van der Waals surface area contributed by atoms with Gasteiger partial charge < -0.3 is 15.5 Å². The van der Waals surface area contributed by atoms with Crippen LogP contribution in [0.2, 0.25) is 0 Å². The summed E-state index contributed by atoms with van der Waals surface area (Å²) in [6.45, 7) is 8.16. The van der Waals surface area contributed by atoms with Gasteiger partial charge in [0, 0.05) is 25.0 Å². The first-order valence-electron chi connectivity index (χ1n) is 8.93. The van der Waals surface area contributed by atoms with E-state index in [2.05, 4.69) is 16.7 Å². The van der Waals surface area contributed by atoms with Gasteiger partial charge in [-0.15, -0.1) is 0 Å². The number of nitrogens with two attached hydrogens (primary N) is 1. The van der Waals surface area contributed by atoms with E-state index < -0.39 is 0 Å². The lowest BCUT2D eigenvalue weighted by Gasteiger charge is -2.33. The van der Waals surface area contributed by atoms with Crippen molar-refractivity contribution in [3.8, 4) is 0 Å². The van der Waals surface area contributed by atoms with Gasteiger partial charge in [0.15, 0.2) is 0 Å². The molecule has 2 N–H and O–H groups in total. The highest BCUT2D eigenvalue weighted by molar-refractivity contribution is 5.83. The minimum absolute atomic E-state index is 0.0191. The highest BCUT2D eigenvalue weighted by Gasteiger charge is 2.41. The molecule has 2 aliphatic rings. The normalized spacial score (nSPS) is 23.2. The second-order valence-electron chi connectivity index (χ2n) is 6.82. The lowest BCUT2D eigenvalue weighted by Crippen LogP contribution is -2.44. The Morgan fingerprint density at radius 1 is 1.05 bits per heavy atom. The van der Waals surface area contributed by atoms with Gasteiger partial charge in [-0.05, 0) is 58.2 Å². The molecule has 21 heavy (non-hydrogen) atoms. The Kier molecular flexibility index (Phi) is 6.49. The maximum atomic E-state index is 13.0. The molecule has 0 spiro atoms. The molecule has 1 saturated heterocycles. The molecule has 0 aromatic rings. The highest BCUT2D eigenvalue weighted by atomic mass is 16.2. The van der Waals surface area contributed by atoms with Crippen molar-refractivity contribution >= 4 is 5.91 Å². The molecule has 1 aliphatic heterocycles. The molecule has 1 heterocycles. The Balaban J connectivity index is 1.85. The van der Waals surface area contributed by atoms with Gasteiger partial charge in [-0.25, -0.2) is 0 Å². The molecule has 0 aromatic carbocycles. The Morgan fingerprint density at radius 2 is 1.81 bits per heavy atom. The lowest BCUT2D eigenvalue weighted by molar-refractivity contribution is -0.142. The van der Waals surface area contributed by atoms with Crippen molar-refractivity contribution in [1.29, 1.82) is 0 Å². The SMILES string of the molecule is CCC1(C(=O)N2CCCN(CCCCN)CC2)CCCC1. The monoisotopic (exact) mass is 295 g/mol. The lowest BCUT2D eigenvalue weighted by atomic mass is 9.82. The van der Waals surface area contributed by atoms with E-state index in [4.69, 9.17) is 5.73 Å². The number of hydrogen-bond acceptors (Lipinski definition) is 3. The zero-order valence-corrected chi connectivity index (χ0v) is 13.8. The summed E-state index contributed by atoms with van der Waals surface area (Å²) in [7, 11) is 0. The summed E-state index contributed by atoms with van der Waals surface area (Å²) in [5.74, 6) is 0.450. The van der Waals surface area contributed by atoms with E-state index in [1.165, 1.54) is 19.3 Å². The van der Waals surface area contributed by atoms with E-state index in [9.17, 15) is 4.79 Å². The van der Waals surface area contributed by atoms with E-state index in [0.717, 1.165) is 71.4 Å². The number of carbonyl (C=O) groups is 1. The summed E-state index contributed by atoms with van der Waals surface area (Å²) < 4.78 is 0. The van der Waals surface area contributed by atoms with Crippen LogP contribution in [-0.4, -0.2) is 55.0 Å². The summed E-state index contributed by atoms with van der Waals surface area (Å²) in [5.41, 5.74) is 5.55. The molecule has 122 valence electrons. The largest absolute Gasteiger partial charge is 0.341 e. The van der Waals surface area contributed by atoms with Gasteiger partial charge in [0.1, 0.15) is 0 Å². The van der Waals surface area contributed by atoms with Crippen LogP contribution in [0.1, 0.15) is 58.3 Å². The van der Waals surface area contributed by atoms with Crippen LogP contribution >= 0.6 is 0 Å². The Morgan fingerprint density at radius 3 is 2.48 bits per heavy atom. The smallest absolute Gasteiger partial charge is 0.228 e. The van der Waals surface area contributed by atoms with Gasteiger partial charge in [-0.2, -0.15) is 0 Å². The Bertz CT molecular complexity index is 326. The second kappa shape index (κ2) is 8.14. The third-order valence-electron chi connectivity index (χ3n) is 5.50. The summed E-state index contributed by atoms with van der Waals surface area (Å²) in [6.07, 6.45) is 9.12. The highest BCUT2D eigenvalue weighted by Crippen LogP contribution is 2.42. The van der Waals surface area contributed by atoms with Gasteiger partial charge in [-0.1, -0.05) is 19.8 Å². The molecule has 4 heteroatoms. The van der Waals surface area contributed by atoms with E-state index in [1.807, 2.05) is 0 Å². The van der Waals surface area contributed by atoms with E-state index >= 15 is 0 Å². The first-order chi connectivity index (χ1) is 10.2. The predicted octanol–water partition coefficient (Wildman–Crippen LogP) is 2.23. The molecule has 1 saturated carbocycles. The van der Waals surface area contributed by atoms with Crippen LogP contribution in [0.5, 0.6) is 0 Å². The third-order valence-corrected chi connectivity index (χ3v) is 5.50.